The lowest BCUT2D eigenvalue weighted by Crippen LogP contribution is -2.30. The number of ketones is 1. The Kier molecular flexibility index (Phi) is 7.03. The number of nitrogens with zero attached hydrogens (tertiary/aromatic N) is 1. The van der Waals surface area contributed by atoms with Gasteiger partial charge in [-0.1, -0.05) is 24.3 Å². The molecule has 1 saturated heterocycles. The largest absolute Gasteiger partial charge is 0.478 e. The minimum atomic E-state index is -0.995. The smallest absolute Gasteiger partial charge is 0.335 e. The summed E-state index contributed by atoms with van der Waals surface area (Å²) in [5.41, 5.74) is 3.07. The summed E-state index contributed by atoms with van der Waals surface area (Å²) in [5, 5.41) is 12.0. The summed E-state index contributed by atoms with van der Waals surface area (Å²) in [4.78, 5) is 25.5. The molecule has 0 aliphatic carbocycles. The van der Waals surface area contributed by atoms with Crippen LogP contribution in [0.1, 0.15) is 35.2 Å². The predicted molar refractivity (Wildman–Crippen MR) is 109 cm³/mol. The Balaban J connectivity index is 1.47. The van der Waals surface area contributed by atoms with E-state index in [0.29, 0.717) is 12.3 Å². The van der Waals surface area contributed by atoms with Crippen LogP contribution in [0.2, 0.25) is 0 Å². The van der Waals surface area contributed by atoms with E-state index in [1.54, 1.807) is 12.1 Å². The summed E-state index contributed by atoms with van der Waals surface area (Å²) in [6, 6.07) is 14.6. The Morgan fingerprint density at radius 2 is 1.82 bits per heavy atom. The molecule has 6 heteroatoms. The maximum atomic E-state index is 12.1. The third-order valence-electron chi connectivity index (χ3n) is 4.81. The Morgan fingerprint density at radius 1 is 1.04 bits per heavy atom. The summed E-state index contributed by atoms with van der Waals surface area (Å²) in [6.07, 6.45) is 3.71. The van der Waals surface area contributed by atoms with Crippen molar-refractivity contribution in [1.29, 1.82) is 0 Å². The number of aromatic carboxylic acids is 1. The molecule has 3 rings (SSSR count). The number of para-hydroxylation sites is 1. The summed E-state index contributed by atoms with van der Waals surface area (Å²) in [6.45, 7) is 2.63. The number of carbonyl (C=O) groups excluding carboxylic acids is 1. The first-order chi connectivity index (χ1) is 13.6. The van der Waals surface area contributed by atoms with Crippen molar-refractivity contribution in [2.24, 2.45) is 0 Å². The van der Waals surface area contributed by atoms with Gasteiger partial charge >= 0.3 is 5.97 Å². The molecular formula is C22H26N2O4. The number of carboxylic acids is 1. The van der Waals surface area contributed by atoms with E-state index in [2.05, 4.69) is 16.3 Å². The van der Waals surface area contributed by atoms with Gasteiger partial charge in [-0.15, -0.1) is 0 Å². The van der Waals surface area contributed by atoms with Crippen LogP contribution in [-0.4, -0.2) is 43.1 Å². The van der Waals surface area contributed by atoms with Gasteiger partial charge in [-0.3, -0.25) is 4.79 Å². The summed E-state index contributed by atoms with van der Waals surface area (Å²) >= 11 is 0. The number of anilines is 2. The monoisotopic (exact) mass is 382 g/mol. The number of rotatable bonds is 9. The van der Waals surface area contributed by atoms with Crippen LogP contribution in [0, 0.1) is 0 Å². The van der Waals surface area contributed by atoms with Gasteiger partial charge in [0.15, 0.2) is 5.78 Å². The van der Waals surface area contributed by atoms with Gasteiger partial charge < -0.3 is 20.1 Å². The van der Waals surface area contributed by atoms with Crippen molar-refractivity contribution in [2.75, 3.05) is 36.5 Å². The zero-order valence-corrected chi connectivity index (χ0v) is 15.9. The number of nitrogens with one attached hydrogen (secondary N) is 1. The van der Waals surface area contributed by atoms with Crippen LogP contribution in [0.15, 0.2) is 48.5 Å². The molecule has 6 nitrogen and oxygen atoms in total. The van der Waals surface area contributed by atoms with Crippen molar-refractivity contribution in [3.8, 4) is 0 Å². The normalized spacial score (nSPS) is 13.9. The molecule has 0 unspecified atom stereocenters. The second-order valence-electron chi connectivity index (χ2n) is 6.95. The van der Waals surface area contributed by atoms with E-state index in [4.69, 9.17) is 9.84 Å². The number of piperidine rings is 1. The highest BCUT2D eigenvalue weighted by molar-refractivity contribution is 5.89. The van der Waals surface area contributed by atoms with Gasteiger partial charge in [0.25, 0.3) is 0 Å². The van der Waals surface area contributed by atoms with Crippen LogP contribution in [-0.2, 0) is 16.1 Å². The minimum Gasteiger partial charge on any atom is -0.478 e. The van der Waals surface area contributed by atoms with Crippen molar-refractivity contribution in [1.82, 2.24) is 0 Å². The lowest BCUT2D eigenvalue weighted by molar-refractivity contribution is -0.122. The van der Waals surface area contributed by atoms with E-state index in [1.165, 1.54) is 37.1 Å². The molecule has 0 bridgehead atoms. The zero-order chi connectivity index (χ0) is 19.8. The average Bonchev–Trinajstić information content (AvgIpc) is 2.73. The summed E-state index contributed by atoms with van der Waals surface area (Å²) < 4.78 is 5.65. The van der Waals surface area contributed by atoms with Crippen LogP contribution in [0.3, 0.4) is 0 Å². The second kappa shape index (κ2) is 9.90. The maximum absolute atomic E-state index is 12.1. The molecule has 0 atom stereocenters. The van der Waals surface area contributed by atoms with Crippen molar-refractivity contribution >= 4 is 23.1 Å². The van der Waals surface area contributed by atoms with Crippen molar-refractivity contribution in [3.63, 3.8) is 0 Å². The number of benzene rings is 2. The minimum absolute atomic E-state index is 0.0138. The SMILES string of the molecule is O=C(CNc1cccc(C(=O)O)c1)COCc1ccccc1N1CCCCC1. The molecule has 1 aliphatic rings. The molecule has 0 aromatic heterocycles. The highest BCUT2D eigenvalue weighted by Gasteiger charge is 2.14. The fourth-order valence-corrected chi connectivity index (χ4v) is 3.36. The van der Waals surface area contributed by atoms with Gasteiger partial charge in [-0.05, 0) is 43.5 Å². The lowest BCUT2D eigenvalue weighted by atomic mass is 10.1. The van der Waals surface area contributed by atoms with Gasteiger partial charge in [-0.25, -0.2) is 4.79 Å². The third kappa shape index (κ3) is 5.57. The lowest BCUT2D eigenvalue weighted by Gasteiger charge is -2.30. The highest BCUT2D eigenvalue weighted by atomic mass is 16.5. The predicted octanol–water partition coefficient (Wildman–Crippen LogP) is 3.57. The number of Topliss-reactive ketones (excluding diaryl/α,β-unsaturated/α-hetero) is 1. The highest BCUT2D eigenvalue weighted by Crippen LogP contribution is 2.24. The molecule has 1 heterocycles. The van der Waals surface area contributed by atoms with E-state index in [9.17, 15) is 9.59 Å². The fourth-order valence-electron chi connectivity index (χ4n) is 3.36. The van der Waals surface area contributed by atoms with Crippen LogP contribution in [0.25, 0.3) is 0 Å². The fraction of sp³-hybridized carbons (Fsp3) is 0.364. The van der Waals surface area contributed by atoms with E-state index in [1.807, 2.05) is 18.2 Å². The van der Waals surface area contributed by atoms with E-state index in [-0.39, 0.29) is 24.5 Å². The molecule has 28 heavy (non-hydrogen) atoms. The molecule has 2 N–H and O–H groups in total. The van der Waals surface area contributed by atoms with Crippen LogP contribution >= 0.6 is 0 Å². The Morgan fingerprint density at radius 3 is 2.61 bits per heavy atom. The van der Waals surface area contributed by atoms with Gasteiger partial charge in [0.1, 0.15) is 6.61 Å². The molecule has 2 aromatic rings. The Labute approximate surface area is 165 Å². The zero-order valence-electron chi connectivity index (χ0n) is 15.9. The molecule has 0 radical (unpaired) electrons. The number of ether oxygens (including phenoxy) is 1. The van der Waals surface area contributed by atoms with Crippen molar-refractivity contribution in [3.05, 3.63) is 59.7 Å². The van der Waals surface area contributed by atoms with Crippen molar-refractivity contribution in [2.45, 2.75) is 25.9 Å². The van der Waals surface area contributed by atoms with E-state index < -0.39 is 5.97 Å². The molecule has 0 saturated carbocycles. The maximum Gasteiger partial charge on any atom is 0.335 e. The topological polar surface area (TPSA) is 78.9 Å². The summed E-state index contributed by atoms with van der Waals surface area (Å²) in [7, 11) is 0. The van der Waals surface area contributed by atoms with Crippen LogP contribution < -0.4 is 10.2 Å². The van der Waals surface area contributed by atoms with Crippen LogP contribution in [0.4, 0.5) is 11.4 Å². The van der Waals surface area contributed by atoms with Gasteiger partial charge in [0, 0.05) is 30.0 Å². The molecule has 148 valence electrons. The van der Waals surface area contributed by atoms with Gasteiger partial charge in [-0.2, -0.15) is 0 Å². The van der Waals surface area contributed by atoms with Gasteiger partial charge in [0.2, 0.25) is 0 Å². The molecule has 1 fully saturated rings. The van der Waals surface area contributed by atoms with E-state index in [0.717, 1.165) is 18.7 Å². The first-order valence-corrected chi connectivity index (χ1v) is 9.63. The number of hydrogen-bond acceptors (Lipinski definition) is 5. The van der Waals surface area contributed by atoms with E-state index >= 15 is 0 Å². The number of carbonyl (C=O) groups is 2. The number of carboxylic acid groups (broad SMARTS) is 1. The average molecular weight is 382 g/mol. The quantitative estimate of drug-likeness (QED) is 0.690. The molecule has 2 aromatic carbocycles. The molecule has 0 spiro atoms. The molecular weight excluding hydrogens is 356 g/mol. The Bertz CT molecular complexity index is 816. The van der Waals surface area contributed by atoms with Crippen molar-refractivity contribution < 1.29 is 19.4 Å². The first kappa shape index (κ1) is 19.9. The first-order valence-electron chi connectivity index (χ1n) is 9.63. The summed E-state index contributed by atoms with van der Waals surface area (Å²) in [5.74, 6) is -1.08. The third-order valence-corrected chi connectivity index (χ3v) is 4.81. The number of hydrogen-bond donors (Lipinski definition) is 2. The second-order valence-corrected chi connectivity index (χ2v) is 6.95. The molecule has 1 aliphatic heterocycles. The molecule has 0 amide bonds. The van der Waals surface area contributed by atoms with Gasteiger partial charge in [0.05, 0.1) is 18.7 Å². The standard InChI is InChI=1S/C22H26N2O4/c25-20(14-23-19-9-6-8-17(13-19)22(26)27)16-28-15-18-7-2-3-10-21(18)24-11-4-1-5-12-24/h2-3,6-10,13,23H,1,4-5,11-12,14-16H2,(H,26,27). The van der Waals surface area contributed by atoms with Crippen LogP contribution in [0.5, 0.6) is 0 Å². The Hall–Kier alpha value is -2.86.